The number of carboxylic acid groups (broad SMARTS) is 1. The Labute approximate surface area is 69.8 Å². The lowest BCUT2D eigenvalue weighted by Crippen LogP contribution is -2.47. The topological polar surface area (TPSA) is 63.3 Å². The van der Waals surface area contributed by atoms with E-state index in [9.17, 15) is 4.79 Å². The monoisotopic (exact) mass is 183 g/mol. The molecule has 1 heterocycles. The van der Waals surface area contributed by atoms with Crippen LogP contribution in [0.5, 0.6) is 0 Å². The number of rotatable bonds is 1. The van der Waals surface area contributed by atoms with Crippen LogP contribution in [0, 0.1) is 0 Å². The van der Waals surface area contributed by atoms with Crippen molar-refractivity contribution >= 4 is 30.1 Å². The lowest BCUT2D eigenvalue weighted by Gasteiger charge is -2.14. The quantitative estimate of drug-likeness (QED) is 0.615. The summed E-state index contributed by atoms with van der Waals surface area (Å²) in [6.45, 7) is 0. The van der Waals surface area contributed by atoms with Crippen molar-refractivity contribution in [2.45, 2.75) is 12.0 Å². The lowest BCUT2D eigenvalue weighted by molar-refractivity contribution is -0.142. The first-order valence-electron chi connectivity index (χ1n) is 2.75. The van der Waals surface area contributed by atoms with Crippen molar-refractivity contribution < 1.29 is 9.90 Å². The summed E-state index contributed by atoms with van der Waals surface area (Å²) in [4.78, 5) is 10.4. The van der Waals surface area contributed by atoms with Crippen molar-refractivity contribution in [2.24, 2.45) is 5.73 Å². The van der Waals surface area contributed by atoms with Gasteiger partial charge in [0.05, 0.1) is 0 Å². The van der Waals surface area contributed by atoms with Crippen LogP contribution in [-0.2, 0) is 4.79 Å². The Morgan fingerprint density at radius 3 is 2.50 bits per heavy atom. The van der Waals surface area contributed by atoms with Crippen LogP contribution in [0.25, 0.3) is 0 Å². The highest BCUT2D eigenvalue weighted by atomic mass is 35.5. The second kappa shape index (κ2) is 3.46. The number of aliphatic carboxylic acids is 1. The zero-order valence-electron chi connectivity index (χ0n) is 5.37. The molecule has 1 saturated heterocycles. The molecule has 0 amide bonds. The van der Waals surface area contributed by atoms with Gasteiger partial charge in [-0.3, -0.25) is 4.79 Å². The molecule has 1 aliphatic rings. The number of hydrogen-bond acceptors (Lipinski definition) is 3. The second-order valence-corrected chi connectivity index (χ2v) is 3.37. The number of thioether (sulfide) groups is 1. The summed E-state index contributed by atoms with van der Waals surface area (Å²) < 4.78 is 0. The van der Waals surface area contributed by atoms with Crippen LogP contribution >= 0.6 is 24.2 Å². The van der Waals surface area contributed by atoms with Gasteiger partial charge in [0, 0.05) is 5.75 Å². The van der Waals surface area contributed by atoms with Gasteiger partial charge in [-0.15, -0.1) is 12.4 Å². The van der Waals surface area contributed by atoms with Crippen molar-refractivity contribution in [3.63, 3.8) is 0 Å². The SMILES string of the molecule is Cl.N[C@@]1(C(=O)O)CCSC1. The molecular weight excluding hydrogens is 174 g/mol. The van der Waals surface area contributed by atoms with Gasteiger partial charge in [0.1, 0.15) is 5.54 Å². The molecule has 1 fully saturated rings. The average molecular weight is 184 g/mol. The van der Waals surface area contributed by atoms with Crippen LogP contribution in [0.15, 0.2) is 0 Å². The predicted molar refractivity (Wildman–Crippen MR) is 43.7 cm³/mol. The Balaban J connectivity index is 0.000000810. The van der Waals surface area contributed by atoms with E-state index in [1.54, 1.807) is 11.8 Å². The standard InChI is InChI=1S/C5H9NO2S.ClH/c6-5(4(7)8)1-2-9-3-5;/h1-3,6H2,(H,7,8);1H/t5-;/m0./s1. The molecular formula is C5H10ClNO2S. The van der Waals surface area contributed by atoms with E-state index in [1.165, 1.54) is 0 Å². The predicted octanol–water partition coefficient (Wildman–Crippen LogP) is 0.327. The van der Waals surface area contributed by atoms with Gasteiger partial charge in [0.2, 0.25) is 0 Å². The Morgan fingerprint density at radius 1 is 1.70 bits per heavy atom. The molecule has 10 heavy (non-hydrogen) atoms. The average Bonchev–Trinajstić information content (AvgIpc) is 2.16. The minimum Gasteiger partial charge on any atom is -0.480 e. The Morgan fingerprint density at radius 2 is 2.30 bits per heavy atom. The number of hydrogen-bond donors (Lipinski definition) is 2. The molecule has 0 saturated carbocycles. The molecule has 0 spiro atoms. The Kier molecular flexibility index (Phi) is 3.48. The smallest absolute Gasteiger partial charge is 0.324 e. The molecule has 3 nitrogen and oxygen atoms in total. The van der Waals surface area contributed by atoms with Crippen LogP contribution in [0.2, 0.25) is 0 Å². The third kappa shape index (κ3) is 1.78. The van der Waals surface area contributed by atoms with Gasteiger partial charge < -0.3 is 10.8 Å². The number of halogens is 1. The van der Waals surface area contributed by atoms with E-state index in [0.29, 0.717) is 12.2 Å². The first-order valence-corrected chi connectivity index (χ1v) is 3.91. The maximum absolute atomic E-state index is 10.4. The first kappa shape index (κ1) is 10.1. The van der Waals surface area contributed by atoms with Gasteiger partial charge in [0.25, 0.3) is 0 Å². The largest absolute Gasteiger partial charge is 0.480 e. The molecule has 60 valence electrons. The highest BCUT2D eigenvalue weighted by Crippen LogP contribution is 2.25. The summed E-state index contributed by atoms with van der Waals surface area (Å²) >= 11 is 1.60. The first-order chi connectivity index (χ1) is 4.15. The molecule has 3 N–H and O–H groups in total. The van der Waals surface area contributed by atoms with Crippen molar-refractivity contribution in [3.05, 3.63) is 0 Å². The minimum absolute atomic E-state index is 0. The molecule has 0 unspecified atom stereocenters. The summed E-state index contributed by atoms with van der Waals surface area (Å²) in [6.07, 6.45) is 0.604. The lowest BCUT2D eigenvalue weighted by atomic mass is 10.0. The fourth-order valence-corrected chi connectivity index (χ4v) is 2.03. The fourth-order valence-electron chi connectivity index (χ4n) is 0.749. The van der Waals surface area contributed by atoms with Crippen LogP contribution in [0.4, 0.5) is 0 Å². The van der Waals surface area contributed by atoms with Crippen molar-refractivity contribution in [3.8, 4) is 0 Å². The molecule has 0 aromatic heterocycles. The molecule has 1 rings (SSSR count). The van der Waals surface area contributed by atoms with Gasteiger partial charge in [-0.2, -0.15) is 11.8 Å². The van der Waals surface area contributed by atoms with E-state index in [1.807, 2.05) is 0 Å². The van der Waals surface area contributed by atoms with Gasteiger partial charge in [-0.1, -0.05) is 0 Å². The third-order valence-electron chi connectivity index (χ3n) is 1.48. The molecule has 0 aromatic carbocycles. The van der Waals surface area contributed by atoms with Gasteiger partial charge in [-0.05, 0) is 12.2 Å². The maximum atomic E-state index is 10.4. The molecule has 1 atom stereocenters. The second-order valence-electron chi connectivity index (χ2n) is 2.26. The highest BCUT2D eigenvalue weighted by molar-refractivity contribution is 7.99. The zero-order chi connectivity index (χ0) is 6.91. The summed E-state index contributed by atoms with van der Waals surface area (Å²) in [5.74, 6) is 0.568. The molecule has 0 aliphatic carbocycles. The van der Waals surface area contributed by atoms with Crippen LogP contribution in [0.1, 0.15) is 6.42 Å². The number of carboxylic acids is 1. The Bertz CT molecular complexity index is 136. The van der Waals surface area contributed by atoms with Gasteiger partial charge in [0.15, 0.2) is 0 Å². The van der Waals surface area contributed by atoms with Crippen LogP contribution in [0.3, 0.4) is 0 Å². The number of nitrogens with two attached hydrogens (primary N) is 1. The molecule has 1 aliphatic heterocycles. The summed E-state index contributed by atoms with van der Waals surface area (Å²) in [6, 6.07) is 0. The van der Waals surface area contributed by atoms with Gasteiger partial charge >= 0.3 is 5.97 Å². The fraction of sp³-hybridized carbons (Fsp3) is 0.800. The molecule has 5 heteroatoms. The van der Waals surface area contributed by atoms with E-state index < -0.39 is 11.5 Å². The van der Waals surface area contributed by atoms with Crippen molar-refractivity contribution in [1.29, 1.82) is 0 Å². The molecule has 0 bridgehead atoms. The van der Waals surface area contributed by atoms with E-state index in [-0.39, 0.29) is 12.4 Å². The van der Waals surface area contributed by atoms with E-state index in [0.717, 1.165) is 5.75 Å². The normalized spacial score (nSPS) is 31.3. The van der Waals surface area contributed by atoms with Crippen LogP contribution in [-0.4, -0.2) is 28.1 Å². The number of carbonyl (C=O) groups is 1. The zero-order valence-corrected chi connectivity index (χ0v) is 7.00. The van der Waals surface area contributed by atoms with Crippen LogP contribution < -0.4 is 5.73 Å². The minimum atomic E-state index is -0.926. The summed E-state index contributed by atoms with van der Waals surface area (Å²) in [5, 5.41) is 8.53. The molecule has 0 aromatic rings. The summed E-state index contributed by atoms with van der Waals surface area (Å²) in [5.41, 5.74) is 4.56. The van der Waals surface area contributed by atoms with E-state index >= 15 is 0 Å². The van der Waals surface area contributed by atoms with Gasteiger partial charge in [-0.25, -0.2) is 0 Å². The third-order valence-corrected chi connectivity index (χ3v) is 2.69. The van der Waals surface area contributed by atoms with E-state index in [4.69, 9.17) is 10.8 Å². The summed E-state index contributed by atoms with van der Waals surface area (Å²) in [7, 11) is 0. The van der Waals surface area contributed by atoms with E-state index in [2.05, 4.69) is 0 Å². The maximum Gasteiger partial charge on any atom is 0.324 e. The van der Waals surface area contributed by atoms with Crippen molar-refractivity contribution in [2.75, 3.05) is 11.5 Å². The highest BCUT2D eigenvalue weighted by Gasteiger charge is 2.37. The van der Waals surface area contributed by atoms with Crippen molar-refractivity contribution in [1.82, 2.24) is 0 Å². The Hall–Kier alpha value is 0.0700. The molecule has 0 radical (unpaired) electrons.